The highest BCUT2D eigenvalue weighted by Gasteiger charge is 2.22. The van der Waals surface area contributed by atoms with E-state index >= 15 is 0 Å². The zero-order valence-electron chi connectivity index (χ0n) is 18.4. The fraction of sp³-hybridized carbons (Fsp3) is 0.500. The fourth-order valence-electron chi connectivity index (χ4n) is 3.80. The minimum atomic E-state index is 0.0123. The van der Waals surface area contributed by atoms with Crippen molar-refractivity contribution in [2.24, 2.45) is 10.9 Å². The van der Waals surface area contributed by atoms with Crippen LogP contribution in [-0.2, 0) is 13.0 Å². The molecule has 0 radical (unpaired) electrons. The average molecular weight is 411 g/mol. The Morgan fingerprint density at radius 1 is 1.17 bits per heavy atom. The van der Waals surface area contributed by atoms with Crippen LogP contribution in [0.2, 0.25) is 0 Å². The molecule has 1 aliphatic carbocycles. The molecule has 1 aliphatic rings. The summed E-state index contributed by atoms with van der Waals surface area (Å²) < 4.78 is 5.43. The van der Waals surface area contributed by atoms with Crippen LogP contribution in [0.3, 0.4) is 0 Å². The molecule has 2 aromatic rings. The third-order valence-corrected chi connectivity index (χ3v) is 5.70. The first-order valence-corrected chi connectivity index (χ1v) is 10.9. The molecule has 2 unspecified atom stereocenters. The molecule has 1 aromatic carbocycles. The highest BCUT2D eigenvalue weighted by Crippen LogP contribution is 2.23. The van der Waals surface area contributed by atoms with Gasteiger partial charge in [-0.25, -0.2) is 4.99 Å². The fourth-order valence-corrected chi connectivity index (χ4v) is 3.80. The Balaban J connectivity index is 1.63. The minimum absolute atomic E-state index is 0.0123. The molecule has 0 saturated heterocycles. The van der Waals surface area contributed by atoms with Crippen molar-refractivity contribution in [3.63, 3.8) is 0 Å². The molecule has 2 N–H and O–H groups in total. The lowest BCUT2D eigenvalue weighted by Crippen LogP contribution is -2.47. The molecule has 0 spiro atoms. The number of nitrogens with one attached hydrogen (secondary N) is 2. The van der Waals surface area contributed by atoms with Crippen LogP contribution in [0.4, 0.5) is 0 Å². The van der Waals surface area contributed by atoms with Gasteiger partial charge in [0.1, 0.15) is 5.76 Å². The van der Waals surface area contributed by atoms with E-state index in [9.17, 15) is 4.79 Å². The Morgan fingerprint density at radius 2 is 1.93 bits per heavy atom. The third kappa shape index (κ3) is 6.37. The average Bonchev–Trinajstić information content (AvgIpc) is 3.26. The van der Waals surface area contributed by atoms with Gasteiger partial charge in [-0.15, -0.1) is 0 Å². The smallest absolute Gasteiger partial charge is 0.253 e. The molecule has 1 amide bonds. The number of rotatable bonds is 7. The van der Waals surface area contributed by atoms with Crippen LogP contribution in [-0.4, -0.2) is 43.4 Å². The van der Waals surface area contributed by atoms with E-state index in [2.05, 4.69) is 17.6 Å². The van der Waals surface area contributed by atoms with Crippen molar-refractivity contribution >= 4 is 11.9 Å². The van der Waals surface area contributed by atoms with E-state index in [4.69, 9.17) is 9.41 Å². The number of hydrogen-bond acceptors (Lipinski definition) is 3. The summed E-state index contributed by atoms with van der Waals surface area (Å²) in [5, 5.41) is 7.11. The van der Waals surface area contributed by atoms with E-state index in [0.29, 0.717) is 24.1 Å². The lowest BCUT2D eigenvalue weighted by Gasteiger charge is -2.31. The van der Waals surface area contributed by atoms with Gasteiger partial charge >= 0.3 is 0 Å². The van der Waals surface area contributed by atoms with E-state index in [0.717, 1.165) is 30.2 Å². The van der Waals surface area contributed by atoms with Gasteiger partial charge in [-0.1, -0.05) is 31.9 Å². The molecule has 6 nitrogen and oxygen atoms in total. The van der Waals surface area contributed by atoms with Crippen LogP contribution in [0.25, 0.3) is 0 Å². The van der Waals surface area contributed by atoms with E-state index in [1.165, 1.54) is 25.7 Å². The number of carbonyl (C=O) groups excluding carboxylic acids is 1. The van der Waals surface area contributed by atoms with Gasteiger partial charge in [0, 0.05) is 38.7 Å². The SMILES string of the molecule is CC1CCCCC1NC(=NCc1ccc(C(=O)N(C)C)cc1)NCCc1ccco1. The highest BCUT2D eigenvalue weighted by atomic mass is 16.3. The van der Waals surface area contributed by atoms with Crippen molar-refractivity contribution < 1.29 is 9.21 Å². The Labute approximate surface area is 179 Å². The molecule has 30 heavy (non-hydrogen) atoms. The molecular formula is C24H34N4O2. The van der Waals surface area contributed by atoms with Gasteiger partial charge in [0.15, 0.2) is 5.96 Å². The molecule has 1 aromatic heterocycles. The van der Waals surface area contributed by atoms with Crippen molar-refractivity contribution in [1.82, 2.24) is 15.5 Å². The summed E-state index contributed by atoms with van der Waals surface area (Å²) in [6.45, 7) is 3.64. The standard InChI is InChI=1S/C24H34N4O2/c1-18-7-4-5-9-22(18)27-24(25-15-14-21-8-6-16-30-21)26-17-19-10-12-20(13-11-19)23(29)28(2)3/h6,8,10-13,16,18,22H,4-5,7,9,14-15,17H2,1-3H3,(H2,25,26,27). The molecule has 162 valence electrons. The first kappa shape index (κ1) is 21.9. The Bertz CT molecular complexity index is 812. The second-order valence-corrected chi connectivity index (χ2v) is 8.33. The number of aliphatic imine (C=N–C) groups is 1. The molecule has 6 heteroatoms. The molecule has 2 atom stereocenters. The highest BCUT2D eigenvalue weighted by molar-refractivity contribution is 5.93. The van der Waals surface area contributed by atoms with Crippen molar-refractivity contribution in [3.8, 4) is 0 Å². The van der Waals surface area contributed by atoms with Crippen LogP contribution in [0.15, 0.2) is 52.1 Å². The molecular weight excluding hydrogens is 376 g/mol. The van der Waals surface area contributed by atoms with Gasteiger partial charge in [0.2, 0.25) is 0 Å². The summed E-state index contributed by atoms with van der Waals surface area (Å²) in [5.74, 6) is 2.47. The summed E-state index contributed by atoms with van der Waals surface area (Å²) in [6.07, 6.45) is 7.55. The van der Waals surface area contributed by atoms with Crippen LogP contribution >= 0.6 is 0 Å². The number of guanidine groups is 1. The zero-order valence-corrected chi connectivity index (χ0v) is 18.4. The maximum absolute atomic E-state index is 12.1. The van der Waals surface area contributed by atoms with E-state index in [1.54, 1.807) is 25.3 Å². The summed E-state index contributed by atoms with van der Waals surface area (Å²) in [7, 11) is 3.53. The lowest BCUT2D eigenvalue weighted by molar-refractivity contribution is 0.0827. The summed E-state index contributed by atoms with van der Waals surface area (Å²) in [6, 6.07) is 12.0. The monoisotopic (exact) mass is 410 g/mol. The maximum atomic E-state index is 12.1. The van der Waals surface area contributed by atoms with Crippen LogP contribution in [0.5, 0.6) is 0 Å². The topological polar surface area (TPSA) is 69.9 Å². The number of benzene rings is 1. The number of carbonyl (C=O) groups is 1. The second-order valence-electron chi connectivity index (χ2n) is 8.33. The quantitative estimate of drug-likeness (QED) is 0.538. The van der Waals surface area contributed by atoms with E-state index < -0.39 is 0 Å². The molecule has 3 rings (SSSR count). The van der Waals surface area contributed by atoms with Crippen LogP contribution in [0.1, 0.15) is 54.3 Å². The second kappa shape index (κ2) is 10.9. The maximum Gasteiger partial charge on any atom is 0.253 e. The number of amides is 1. The molecule has 0 aliphatic heterocycles. The molecule has 1 saturated carbocycles. The Kier molecular flexibility index (Phi) is 7.94. The van der Waals surface area contributed by atoms with Crippen molar-refractivity contribution in [1.29, 1.82) is 0 Å². The van der Waals surface area contributed by atoms with Crippen molar-refractivity contribution in [3.05, 3.63) is 59.5 Å². The minimum Gasteiger partial charge on any atom is -0.469 e. The van der Waals surface area contributed by atoms with Gasteiger partial charge < -0.3 is 20.0 Å². The van der Waals surface area contributed by atoms with Gasteiger partial charge in [-0.3, -0.25) is 4.79 Å². The molecule has 1 fully saturated rings. The third-order valence-electron chi connectivity index (χ3n) is 5.70. The van der Waals surface area contributed by atoms with Crippen molar-refractivity contribution in [2.75, 3.05) is 20.6 Å². The number of nitrogens with zero attached hydrogens (tertiary/aromatic N) is 2. The van der Waals surface area contributed by atoms with Gasteiger partial charge in [-0.05, 0) is 48.6 Å². The van der Waals surface area contributed by atoms with E-state index in [1.807, 2.05) is 36.4 Å². The normalized spacial score (nSPS) is 19.4. The molecule has 0 bridgehead atoms. The Hall–Kier alpha value is -2.76. The first-order chi connectivity index (χ1) is 14.5. The van der Waals surface area contributed by atoms with Crippen LogP contribution < -0.4 is 10.6 Å². The summed E-state index contributed by atoms with van der Waals surface area (Å²) >= 11 is 0. The largest absolute Gasteiger partial charge is 0.469 e. The predicted molar refractivity (Wildman–Crippen MR) is 121 cm³/mol. The van der Waals surface area contributed by atoms with Gasteiger partial charge in [-0.2, -0.15) is 0 Å². The zero-order chi connectivity index (χ0) is 21.3. The van der Waals surface area contributed by atoms with E-state index in [-0.39, 0.29) is 5.91 Å². The first-order valence-electron chi connectivity index (χ1n) is 10.9. The number of furan rings is 1. The van der Waals surface area contributed by atoms with Gasteiger partial charge in [0.05, 0.1) is 12.8 Å². The number of hydrogen-bond donors (Lipinski definition) is 2. The summed E-state index contributed by atoms with van der Waals surface area (Å²) in [4.78, 5) is 18.5. The lowest BCUT2D eigenvalue weighted by atomic mass is 9.86. The summed E-state index contributed by atoms with van der Waals surface area (Å²) in [5.41, 5.74) is 1.77. The Morgan fingerprint density at radius 3 is 2.60 bits per heavy atom. The van der Waals surface area contributed by atoms with Gasteiger partial charge in [0.25, 0.3) is 5.91 Å². The van der Waals surface area contributed by atoms with Crippen LogP contribution in [0, 0.1) is 5.92 Å². The predicted octanol–water partition coefficient (Wildman–Crippen LogP) is 3.84. The van der Waals surface area contributed by atoms with Crippen molar-refractivity contribution in [2.45, 2.75) is 51.6 Å². The molecule has 1 heterocycles.